The molecule has 0 radical (unpaired) electrons. The number of benzene rings is 2. The summed E-state index contributed by atoms with van der Waals surface area (Å²) in [5, 5.41) is 0. The second-order valence-corrected chi connectivity index (χ2v) is 5.88. The Morgan fingerprint density at radius 2 is 2.05 bits per heavy atom. The summed E-state index contributed by atoms with van der Waals surface area (Å²) in [5.41, 5.74) is 3.74. The van der Waals surface area contributed by atoms with Crippen molar-refractivity contribution in [2.24, 2.45) is 0 Å². The van der Waals surface area contributed by atoms with E-state index in [4.69, 9.17) is 4.74 Å². The maximum Gasteiger partial charge on any atom is 0.161 e. The van der Waals surface area contributed by atoms with Crippen molar-refractivity contribution in [3.63, 3.8) is 0 Å². The average Bonchev–Trinajstić information content (AvgIpc) is 2.92. The smallest absolute Gasteiger partial charge is 0.161 e. The third-order valence-corrected chi connectivity index (χ3v) is 4.57. The van der Waals surface area contributed by atoms with Gasteiger partial charge in [-0.15, -0.1) is 0 Å². The van der Waals surface area contributed by atoms with Crippen LogP contribution in [0.2, 0.25) is 0 Å². The lowest BCUT2D eigenvalue weighted by atomic mass is 10.1. The standard InChI is InChI=1S/C17H14FN3O/c18-13-4-1-11(2-5-13)16-19-14-6-3-12(9-15(14)20-16)17-10-21(17)7-8-22-17/h1-6,9H,7-8,10H2,(H,19,20). The molecule has 3 aromatic rings. The predicted octanol–water partition coefficient (Wildman–Crippen LogP) is 2.87. The van der Waals surface area contributed by atoms with E-state index in [9.17, 15) is 4.39 Å². The van der Waals surface area contributed by atoms with Crippen LogP contribution < -0.4 is 0 Å². The number of fused-ring (bicyclic) bond motifs is 2. The molecule has 2 fully saturated rings. The van der Waals surface area contributed by atoms with Gasteiger partial charge in [0, 0.05) is 24.2 Å². The minimum Gasteiger partial charge on any atom is -0.353 e. The van der Waals surface area contributed by atoms with E-state index < -0.39 is 0 Å². The van der Waals surface area contributed by atoms with Crippen molar-refractivity contribution in [2.75, 3.05) is 19.7 Å². The van der Waals surface area contributed by atoms with Crippen molar-refractivity contribution in [2.45, 2.75) is 5.72 Å². The fourth-order valence-electron chi connectivity index (χ4n) is 3.30. The van der Waals surface area contributed by atoms with E-state index >= 15 is 0 Å². The van der Waals surface area contributed by atoms with Crippen molar-refractivity contribution < 1.29 is 9.13 Å². The van der Waals surface area contributed by atoms with Gasteiger partial charge in [0.25, 0.3) is 0 Å². The highest BCUT2D eigenvalue weighted by Gasteiger charge is 2.58. The van der Waals surface area contributed by atoms with E-state index in [1.54, 1.807) is 12.1 Å². The Bertz CT molecular complexity index is 873. The van der Waals surface area contributed by atoms with E-state index in [1.165, 1.54) is 17.7 Å². The lowest BCUT2D eigenvalue weighted by molar-refractivity contribution is 0.0589. The van der Waals surface area contributed by atoms with Gasteiger partial charge >= 0.3 is 0 Å². The van der Waals surface area contributed by atoms with Gasteiger partial charge in [-0.25, -0.2) is 9.37 Å². The molecule has 0 aliphatic carbocycles. The highest BCUT2D eigenvalue weighted by atomic mass is 19.1. The van der Waals surface area contributed by atoms with Gasteiger partial charge in [0.2, 0.25) is 0 Å². The van der Waals surface area contributed by atoms with E-state index in [1.807, 2.05) is 6.07 Å². The summed E-state index contributed by atoms with van der Waals surface area (Å²) in [7, 11) is 0. The number of rotatable bonds is 2. The number of morpholine rings is 1. The van der Waals surface area contributed by atoms with Crippen LogP contribution in [0.25, 0.3) is 22.4 Å². The zero-order valence-corrected chi connectivity index (χ0v) is 11.8. The fraction of sp³-hybridized carbons (Fsp3) is 0.235. The highest BCUT2D eigenvalue weighted by Crippen LogP contribution is 2.47. The highest BCUT2D eigenvalue weighted by molar-refractivity contribution is 5.80. The topological polar surface area (TPSA) is 40.9 Å². The van der Waals surface area contributed by atoms with Crippen LogP contribution in [0.5, 0.6) is 0 Å². The number of imidazole rings is 1. The molecule has 22 heavy (non-hydrogen) atoms. The molecule has 0 bridgehead atoms. The molecule has 1 N–H and O–H groups in total. The molecule has 5 heteroatoms. The van der Waals surface area contributed by atoms with Gasteiger partial charge in [0.1, 0.15) is 11.6 Å². The molecule has 5 rings (SSSR count). The van der Waals surface area contributed by atoms with E-state index in [0.29, 0.717) is 0 Å². The summed E-state index contributed by atoms with van der Waals surface area (Å²) in [5.74, 6) is 0.512. The Morgan fingerprint density at radius 1 is 1.18 bits per heavy atom. The quantitative estimate of drug-likeness (QED) is 0.739. The van der Waals surface area contributed by atoms with Crippen LogP contribution in [0.4, 0.5) is 4.39 Å². The van der Waals surface area contributed by atoms with Crippen LogP contribution in [0.15, 0.2) is 42.5 Å². The van der Waals surface area contributed by atoms with Crippen molar-refractivity contribution in [1.29, 1.82) is 0 Å². The van der Waals surface area contributed by atoms with Crippen LogP contribution in [0.1, 0.15) is 5.56 Å². The van der Waals surface area contributed by atoms with Gasteiger partial charge < -0.3 is 9.72 Å². The minimum absolute atomic E-state index is 0.199. The summed E-state index contributed by atoms with van der Waals surface area (Å²) >= 11 is 0. The van der Waals surface area contributed by atoms with Gasteiger partial charge in [0.15, 0.2) is 5.72 Å². The molecule has 2 saturated heterocycles. The number of ether oxygens (including phenoxy) is 1. The number of hydrogen-bond acceptors (Lipinski definition) is 3. The van der Waals surface area contributed by atoms with Crippen molar-refractivity contribution in [3.8, 4) is 11.4 Å². The predicted molar refractivity (Wildman–Crippen MR) is 80.7 cm³/mol. The Balaban J connectivity index is 1.58. The number of aromatic nitrogens is 2. The summed E-state index contributed by atoms with van der Waals surface area (Å²) in [4.78, 5) is 10.2. The Labute approximate surface area is 126 Å². The SMILES string of the molecule is Fc1ccc(-c2nc3ccc(C45CN4CCO5)cc3[nH]2)cc1. The molecule has 2 atom stereocenters. The number of nitrogens with one attached hydrogen (secondary N) is 1. The van der Waals surface area contributed by atoms with Gasteiger partial charge in [-0.2, -0.15) is 0 Å². The lowest BCUT2D eigenvalue weighted by Crippen LogP contribution is -2.11. The molecule has 0 amide bonds. The van der Waals surface area contributed by atoms with Crippen LogP contribution in [0, 0.1) is 5.82 Å². The van der Waals surface area contributed by atoms with E-state index in [-0.39, 0.29) is 11.5 Å². The fourth-order valence-corrected chi connectivity index (χ4v) is 3.30. The van der Waals surface area contributed by atoms with Crippen LogP contribution in [-0.2, 0) is 10.5 Å². The molecular weight excluding hydrogens is 281 g/mol. The molecule has 110 valence electrons. The largest absolute Gasteiger partial charge is 0.353 e. The van der Waals surface area contributed by atoms with Gasteiger partial charge in [0.05, 0.1) is 17.6 Å². The van der Waals surface area contributed by atoms with Gasteiger partial charge in [-0.1, -0.05) is 6.07 Å². The monoisotopic (exact) mass is 295 g/mol. The zero-order chi connectivity index (χ0) is 14.7. The van der Waals surface area contributed by atoms with Gasteiger partial charge in [-0.3, -0.25) is 4.90 Å². The molecule has 4 nitrogen and oxygen atoms in total. The molecule has 2 unspecified atom stereocenters. The first kappa shape index (κ1) is 12.3. The summed E-state index contributed by atoms with van der Waals surface area (Å²) < 4.78 is 18.9. The zero-order valence-electron chi connectivity index (χ0n) is 11.8. The van der Waals surface area contributed by atoms with Crippen LogP contribution >= 0.6 is 0 Å². The first-order valence-corrected chi connectivity index (χ1v) is 7.40. The summed E-state index contributed by atoms with van der Waals surface area (Å²) in [6, 6.07) is 12.6. The van der Waals surface area contributed by atoms with Crippen LogP contribution in [0.3, 0.4) is 0 Å². The molecule has 2 aliphatic heterocycles. The summed E-state index contributed by atoms with van der Waals surface area (Å²) in [6.45, 7) is 2.77. The van der Waals surface area contributed by atoms with E-state index in [0.717, 1.165) is 42.1 Å². The molecular formula is C17H14FN3O. The molecule has 3 heterocycles. The third kappa shape index (κ3) is 1.66. The van der Waals surface area contributed by atoms with Gasteiger partial charge in [-0.05, 0) is 36.4 Å². The third-order valence-electron chi connectivity index (χ3n) is 4.57. The first-order valence-electron chi connectivity index (χ1n) is 7.40. The number of hydrogen-bond donors (Lipinski definition) is 1. The van der Waals surface area contributed by atoms with Crippen LogP contribution in [-0.4, -0.2) is 34.6 Å². The maximum atomic E-state index is 13.0. The Hall–Kier alpha value is -2.24. The second kappa shape index (κ2) is 4.15. The summed E-state index contributed by atoms with van der Waals surface area (Å²) in [6.07, 6.45) is 0. The normalized spacial score (nSPS) is 26.3. The Morgan fingerprint density at radius 3 is 2.77 bits per heavy atom. The average molecular weight is 295 g/mol. The number of H-pyrrole nitrogens is 1. The first-order chi connectivity index (χ1) is 10.7. The number of nitrogens with zero attached hydrogens (tertiary/aromatic N) is 2. The Kier molecular flexibility index (Phi) is 2.32. The number of aromatic amines is 1. The van der Waals surface area contributed by atoms with E-state index in [2.05, 4.69) is 27.0 Å². The van der Waals surface area contributed by atoms with Crippen molar-refractivity contribution in [1.82, 2.24) is 14.9 Å². The molecule has 2 aliphatic rings. The van der Waals surface area contributed by atoms with Crippen molar-refractivity contribution >= 4 is 11.0 Å². The molecule has 0 saturated carbocycles. The number of halogens is 1. The maximum absolute atomic E-state index is 13.0. The lowest BCUT2D eigenvalue weighted by Gasteiger charge is -2.10. The molecule has 1 aromatic heterocycles. The molecule has 0 spiro atoms. The molecule has 2 aromatic carbocycles. The van der Waals surface area contributed by atoms with Crippen molar-refractivity contribution in [3.05, 3.63) is 53.8 Å². The second-order valence-electron chi connectivity index (χ2n) is 5.88. The minimum atomic E-state index is -0.242.